The second-order valence-electron chi connectivity index (χ2n) is 4.52. The van der Waals surface area contributed by atoms with Gasteiger partial charge in [0.1, 0.15) is 0 Å². The highest BCUT2D eigenvalue weighted by Gasteiger charge is 2.06. The van der Waals surface area contributed by atoms with Gasteiger partial charge >= 0.3 is 0 Å². The molecule has 2 heteroatoms. The fraction of sp³-hybridized carbons (Fsp3) is 0.0588. The van der Waals surface area contributed by atoms with Crippen molar-refractivity contribution in [1.82, 2.24) is 0 Å². The summed E-state index contributed by atoms with van der Waals surface area (Å²) in [6, 6.07) is 20.4. The van der Waals surface area contributed by atoms with Gasteiger partial charge in [0.2, 0.25) is 0 Å². The molecule has 0 aliphatic heterocycles. The lowest BCUT2D eigenvalue weighted by atomic mass is 10.1. The smallest absolute Gasteiger partial charge is 0.177 e. The van der Waals surface area contributed by atoms with Gasteiger partial charge in [0, 0.05) is 22.4 Å². The Morgan fingerprint density at radius 3 is 2.58 bits per heavy atom. The van der Waals surface area contributed by atoms with Gasteiger partial charge in [-0.05, 0) is 12.1 Å². The fourth-order valence-electron chi connectivity index (χ4n) is 2.26. The molecule has 0 amide bonds. The van der Waals surface area contributed by atoms with Crippen LogP contribution in [0.3, 0.4) is 0 Å². The number of aromatic nitrogens is 1. The van der Waals surface area contributed by atoms with Crippen molar-refractivity contribution in [2.75, 3.05) is 0 Å². The van der Waals surface area contributed by atoms with Gasteiger partial charge in [-0.2, -0.15) is 5.26 Å². The van der Waals surface area contributed by atoms with Crippen LogP contribution >= 0.6 is 0 Å². The second-order valence-corrected chi connectivity index (χ2v) is 4.52. The first kappa shape index (κ1) is 11.4. The highest BCUT2D eigenvalue weighted by Crippen LogP contribution is 2.15. The van der Waals surface area contributed by atoms with E-state index in [9.17, 15) is 0 Å². The fourth-order valence-corrected chi connectivity index (χ4v) is 2.26. The zero-order valence-corrected chi connectivity index (χ0v) is 10.5. The van der Waals surface area contributed by atoms with E-state index >= 15 is 0 Å². The minimum absolute atomic E-state index is 0.726. The molecule has 0 bridgehead atoms. The van der Waals surface area contributed by atoms with Crippen molar-refractivity contribution in [2.45, 2.75) is 6.54 Å². The molecule has 3 aromatic rings. The molecule has 0 atom stereocenters. The molecule has 2 aromatic carbocycles. The maximum atomic E-state index is 9.08. The van der Waals surface area contributed by atoms with Crippen molar-refractivity contribution in [3.63, 3.8) is 0 Å². The third kappa shape index (κ3) is 2.31. The molecular formula is C17H13N2+. The molecule has 19 heavy (non-hydrogen) atoms. The third-order valence-corrected chi connectivity index (χ3v) is 3.21. The molecule has 0 N–H and O–H groups in total. The molecule has 0 saturated heterocycles. The topological polar surface area (TPSA) is 27.7 Å². The molecule has 0 fully saturated rings. The van der Waals surface area contributed by atoms with E-state index < -0.39 is 0 Å². The molecule has 1 heterocycles. The van der Waals surface area contributed by atoms with Gasteiger partial charge in [-0.25, -0.2) is 4.57 Å². The molecule has 3 rings (SSSR count). The van der Waals surface area contributed by atoms with Gasteiger partial charge in [-0.1, -0.05) is 36.4 Å². The number of nitrogens with zero attached hydrogens (tertiary/aromatic N) is 2. The van der Waals surface area contributed by atoms with E-state index in [4.69, 9.17) is 5.26 Å². The average molecular weight is 245 g/mol. The van der Waals surface area contributed by atoms with E-state index in [2.05, 4.69) is 29.0 Å². The predicted molar refractivity (Wildman–Crippen MR) is 74.4 cm³/mol. The van der Waals surface area contributed by atoms with Crippen molar-refractivity contribution in [2.24, 2.45) is 0 Å². The van der Waals surface area contributed by atoms with Crippen LogP contribution < -0.4 is 4.57 Å². The highest BCUT2D eigenvalue weighted by molar-refractivity contribution is 5.86. The summed E-state index contributed by atoms with van der Waals surface area (Å²) in [6.07, 6.45) is 4.11. The number of rotatable bonds is 2. The lowest BCUT2D eigenvalue weighted by molar-refractivity contribution is -0.687. The largest absolute Gasteiger partial charge is 0.200 e. The van der Waals surface area contributed by atoms with Crippen molar-refractivity contribution in [1.29, 1.82) is 5.26 Å². The zero-order chi connectivity index (χ0) is 13.1. The Morgan fingerprint density at radius 2 is 1.79 bits per heavy atom. The average Bonchev–Trinajstić information content (AvgIpc) is 2.47. The van der Waals surface area contributed by atoms with E-state index in [1.165, 1.54) is 5.56 Å². The van der Waals surface area contributed by atoms with Crippen LogP contribution in [0.2, 0.25) is 0 Å². The number of pyridine rings is 1. The SMILES string of the molecule is N#Cc1cccc2c[n+](Cc3ccccc3)ccc12. The van der Waals surface area contributed by atoms with Crippen LogP contribution in [-0.2, 0) is 6.54 Å². The Bertz CT molecular complexity index is 755. The van der Waals surface area contributed by atoms with Gasteiger partial charge in [0.25, 0.3) is 0 Å². The van der Waals surface area contributed by atoms with E-state index in [0.29, 0.717) is 0 Å². The summed E-state index contributed by atoms with van der Waals surface area (Å²) in [5.41, 5.74) is 1.99. The van der Waals surface area contributed by atoms with Gasteiger partial charge in [0.15, 0.2) is 18.9 Å². The number of nitriles is 1. The normalized spacial score (nSPS) is 10.3. The van der Waals surface area contributed by atoms with Gasteiger partial charge < -0.3 is 0 Å². The first-order valence-electron chi connectivity index (χ1n) is 6.23. The van der Waals surface area contributed by atoms with E-state index in [-0.39, 0.29) is 0 Å². The molecule has 90 valence electrons. The predicted octanol–water partition coefficient (Wildman–Crippen LogP) is 3.05. The van der Waals surface area contributed by atoms with E-state index in [1.54, 1.807) is 0 Å². The first-order chi connectivity index (χ1) is 9.36. The quantitative estimate of drug-likeness (QED) is 0.638. The second kappa shape index (κ2) is 4.91. The van der Waals surface area contributed by atoms with Crippen molar-refractivity contribution < 1.29 is 4.57 Å². The zero-order valence-electron chi connectivity index (χ0n) is 10.5. The molecule has 0 aliphatic rings. The van der Waals surface area contributed by atoms with Gasteiger partial charge in [-0.15, -0.1) is 0 Å². The van der Waals surface area contributed by atoms with Crippen LogP contribution in [0, 0.1) is 11.3 Å². The number of fused-ring (bicyclic) bond motifs is 1. The number of benzene rings is 2. The first-order valence-corrected chi connectivity index (χ1v) is 6.23. The summed E-state index contributed by atoms with van der Waals surface area (Å²) >= 11 is 0. The standard InChI is InChI=1S/C17H13N2/c18-11-15-7-4-8-16-13-19(10-9-17(15)16)12-14-5-2-1-3-6-14/h1-10,13H,12H2/q+1. The van der Waals surface area contributed by atoms with Gasteiger partial charge in [0.05, 0.1) is 11.6 Å². The molecule has 0 unspecified atom stereocenters. The minimum atomic E-state index is 0.726. The molecule has 1 aromatic heterocycles. The Labute approximate surface area is 112 Å². The van der Waals surface area contributed by atoms with E-state index in [1.807, 2.05) is 48.7 Å². The summed E-state index contributed by atoms with van der Waals surface area (Å²) in [5.74, 6) is 0. The van der Waals surface area contributed by atoms with Crippen LogP contribution in [0.15, 0.2) is 67.0 Å². The summed E-state index contributed by atoms with van der Waals surface area (Å²) < 4.78 is 2.14. The van der Waals surface area contributed by atoms with Crippen LogP contribution in [0.25, 0.3) is 10.8 Å². The van der Waals surface area contributed by atoms with Crippen LogP contribution in [0.4, 0.5) is 0 Å². The Balaban J connectivity index is 2.01. The summed E-state index contributed by atoms with van der Waals surface area (Å²) in [6.45, 7) is 0.841. The summed E-state index contributed by atoms with van der Waals surface area (Å²) in [7, 11) is 0. The van der Waals surface area contributed by atoms with E-state index in [0.717, 1.165) is 22.9 Å². The monoisotopic (exact) mass is 245 g/mol. The Morgan fingerprint density at radius 1 is 0.947 bits per heavy atom. The highest BCUT2D eigenvalue weighted by atomic mass is 14.9. The molecule has 0 spiro atoms. The molecule has 2 nitrogen and oxygen atoms in total. The molecule has 0 radical (unpaired) electrons. The number of hydrogen-bond acceptors (Lipinski definition) is 1. The Hall–Kier alpha value is -2.66. The summed E-state index contributed by atoms with van der Waals surface area (Å²) in [5, 5.41) is 11.2. The summed E-state index contributed by atoms with van der Waals surface area (Å²) in [4.78, 5) is 0. The minimum Gasteiger partial charge on any atom is -0.200 e. The lowest BCUT2D eigenvalue weighted by Gasteiger charge is -2.01. The number of hydrogen-bond donors (Lipinski definition) is 0. The maximum absolute atomic E-state index is 9.08. The van der Waals surface area contributed by atoms with Crippen LogP contribution in [-0.4, -0.2) is 0 Å². The van der Waals surface area contributed by atoms with Crippen molar-refractivity contribution in [3.05, 3.63) is 78.1 Å². The van der Waals surface area contributed by atoms with Gasteiger partial charge in [-0.3, -0.25) is 0 Å². The van der Waals surface area contributed by atoms with Crippen LogP contribution in [0.1, 0.15) is 11.1 Å². The molecule has 0 aliphatic carbocycles. The van der Waals surface area contributed by atoms with Crippen molar-refractivity contribution in [3.8, 4) is 6.07 Å². The molecular weight excluding hydrogens is 232 g/mol. The van der Waals surface area contributed by atoms with Crippen LogP contribution in [0.5, 0.6) is 0 Å². The third-order valence-electron chi connectivity index (χ3n) is 3.21. The lowest BCUT2D eigenvalue weighted by Crippen LogP contribution is -2.33. The maximum Gasteiger partial charge on any atom is 0.177 e. The Kier molecular flexibility index (Phi) is 2.96. The molecule has 0 saturated carbocycles. The van der Waals surface area contributed by atoms with Crippen molar-refractivity contribution >= 4 is 10.8 Å².